The summed E-state index contributed by atoms with van der Waals surface area (Å²) in [5, 5.41) is 3.67. The van der Waals surface area contributed by atoms with Gasteiger partial charge in [0.05, 0.1) is 5.52 Å². The van der Waals surface area contributed by atoms with Gasteiger partial charge in [-0.25, -0.2) is 0 Å². The number of aryl methyl sites for hydroxylation is 1. The van der Waals surface area contributed by atoms with E-state index in [4.69, 9.17) is 4.42 Å². The zero-order valence-electron chi connectivity index (χ0n) is 11.1. The van der Waals surface area contributed by atoms with Crippen LogP contribution in [0.1, 0.15) is 16.1 Å². The smallest absolute Gasteiger partial charge is 0.291 e. The van der Waals surface area contributed by atoms with Crippen molar-refractivity contribution < 1.29 is 9.21 Å². The van der Waals surface area contributed by atoms with E-state index in [1.54, 1.807) is 30.3 Å². The number of amides is 1. The normalized spacial score (nSPS) is 10.8. The first kappa shape index (κ1) is 13.6. The van der Waals surface area contributed by atoms with Gasteiger partial charge < -0.3 is 14.7 Å². The predicted octanol–water partition coefficient (Wildman–Crippen LogP) is 3.44. The molecule has 3 rings (SSSR count). The molecule has 5 nitrogen and oxygen atoms in total. The number of anilines is 1. The van der Waals surface area contributed by atoms with Crippen molar-refractivity contribution in [2.24, 2.45) is 0 Å². The molecule has 2 heterocycles. The molecule has 0 unspecified atom stereocenters. The molecule has 0 aliphatic heterocycles. The van der Waals surface area contributed by atoms with Crippen LogP contribution in [0.5, 0.6) is 0 Å². The van der Waals surface area contributed by atoms with E-state index in [0.29, 0.717) is 15.9 Å². The van der Waals surface area contributed by atoms with E-state index in [0.717, 1.165) is 10.9 Å². The highest BCUT2D eigenvalue weighted by molar-refractivity contribution is 9.10. The molecule has 0 saturated heterocycles. The molecular weight excluding hydrogens is 336 g/mol. The van der Waals surface area contributed by atoms with Crippen molar-refractivity contribution >= 4 is 38.4 Å². The summed E-state index contributed by atoms with van der Waals surface area (Å²) in [5.74, 6) is -0.144. The quantitative estimate of drug-likeness (QED) is 0.746. The molecule has 0 bridgehead atoms. The number of H-pyrrole nitrogens is 1. The second kappa shape index (κ2) is 5.21. The number of hydrogen-bond donors (Lipinski definition) is 2. The molecule has 2 N–H and O–H groups in total. The maximum absolute atomic E-state index is 12.0. The summed E-state index contributed by atoms with van der Waals surface area (Å²) in [6.07, 6.45) is 0. The number of carbonyl (C=O) groups excluding carboxylic acids is 1. The number of halogens is 1. The van der Waals surface area contributed by atoms with Crippen LogP contribution in [0, 0.1) is 6.92 Å². The number of hydrogen-bond acceptors (Lipinski definition) is 3. The third kappa shape index (κ3) is 2.75. The molecule has 0 atom stereocenters. The van der Waals surface area contributed by atoms with Gasteiger partial charge in [-0.15, -0.1) is 0 Å². The molecule has 0 aliphatic rings. The van der Waals surface area contributed by atoms with Gasteiger partial charge in [0, 0.05) is 17.1 Å². The van der Waals surface area contributed by atoms with Crippen molar-refractivity contribution in [1.82, 2.24) is 4.98 Å². The average molecular weight is 347 g/mol. The highest BCUT2D eigenvalue weighted by Gasteiger charge is 2.11. The van der Waals surface area contributed by atoms with Crippen molar-refractivity contribution in [3.63, 3.8) is 0 Å². The third-order valence-corrected chi connectivity index (χ3v) is 3.53. The summed E-state index contributed by atoms with van der Waals surface area (Å²) < 4.78 is 5.68. The third-order valence-electron chi connectivity index (χ3n) is 3.10. The average Bonchev–Trinajstić information content (AvgIpc) is 2.85. The van der Waals surface area contributed by atoms with Crippen LogP contribution in [0.2, 0.25) is 0 Å². The van der Waals surface area contributed by atoms with Crippen LogP contribution >= 0.6 is 15.9 Å². The van der Waals surface area contributed by atoms with Crippen LogP contribution in [0.15, 0.2) is 50.3 Å². The summed E-state index contributed by atoms with van der Waals surface area (Å²) in [6.45, 7) is 1.87. The summed E-state index contributed by atoms with van der Waals surface area (Å²) in [6, 6.07) is 10.1. The molecule has 106 valence electrons. The Morgan fingerprint density at radius 3 is 2.76 bits per heavy atom. The Hall–Kier alpha value is -2.34. The van der Waals surface area contributed by atoms with Crippen LogP contribution in [0.3, 0.4) is 0 Å². The predicted molar refractivity (Wildman–Crippen MR) is 83.7 cm³/mol. The molecule has 1 aromatic carbocycles. The topological polar surface area (TPSA) is 75.1 Å². The molecule has 0 aliphatic carbocycles. The molecule has 0 fully saturated rings. The number of aromatic amines is 1. The number of furan rings is 1. The van der Waals surface area contributed by atoms with E-state index in [1.807, 2.05) is 13.0 Å². The molecule has 3 aromatic rings. The van der Waals surface area contributed by atoms with Gasteiger partial charge in [-0.1, -0.05) is 6.07 Å². The number of fused-ring (bicyclic) bond motifs is 1. The second-order valence-electron chi connectivity index (χ2n) is 4.63. The lowest BCUT2D eigenvalue weighted by Gasteiger charge is -2.06. The van der Waals surface area contributed by atoms with Crippen molar-refractivity contribution in [2.45, 2.75) is 6.92 Å². The van der Waals surface area contributed by atoms with E-state index >= 15 is 0 Å². The van der Waals surface area contributed by atoms with E-state index in [1.165, 1.54) is 0 Å². The molecular formula is C15H11BrN2O3. The van der Waals surface area contributed by atoms with Crippen LogP contribution in [-0.2, 0) is 0 Å². The Morgan fingerprint density at radius 2 is 2.05 bits per heavy atom. The van der Waals surface area contributed by atoms with Gasteiger partial charge in [-0.3, -0.25) is 9.59 Å². The largest absolute Gasteiger partial charge is 0.444 e. The Balaban J connectivity index is 1.94. The van der Waals surface area contributed by atoms with Gasteiger partial charge in [-0.05, 0) is 52.7 Å². The first-order valence-electron chi connectivity index (χ1n) is 6.23. The van der Waals surface area contributed by atoms with Crippen molar-refractivity contribution in [3.05, 3.63) is 62.7 Å². The minimum atomic E-state index is -0.352. The number of aromatic nitrogens is 1. The molecule has 1 amide bonds. The molecule has 0 radical (unpaired) electrons. The Kier molecular flexibility index (Phi) is 3.39. The minimum absolute atomic E-state index is 0.168. The van der Waals surface area contributed by atoms with E-state index in [-0.39, 0.29) is 17.2 Å². The maximum atomic E-state index is 12.0. The monoisotopic (exact) mass is 346 g/mol. The van der Waals surface area contributed by atoms with Crippen molar-refractivity contribution in [2.75, 3.05) is 5.32 Å². The second-order valence-corrected chi connectivity index (χ2v) is 5.42. The number of pyridine rings is 1. The molecule has 0 spiro atoms. The van der Waals surface area contributed by atoms with Crippen molar-refractivity contribution in [1.29, 1.82) is 0 Å². The Labute approximate surface area is 128 Å². The first-order valence-corrected chi connectivity index (χ1v) is 7.02. The molecule has 21 heavy (non-hydrogen) atoms. The SMILES string of the molecule is Cc1cc(=O)[nH]c2cc(NC(=O)c3ccc(Br)o3)ccc12. The molecule has 0 saturated carbocycles. The van der Waals surface area contributed by atoms with Gasteiger partial charge in [0.1, 0.15) is 0 Å². The van der Waals surface area contributed by atoms with Crippen LogP contribution in [0.4, 0.5) is 5.69 Å². The number of nitrogens with one attached hydrogen (secondary N) is 2. The summed E-state index contributed by atoms with van der Waals surface area (Å²) in [7, 11) is 0. The van der Waals surface area contributed by atoms with Crippen LogP contribution < -0.4 is 10.9 Å². The summed E-state index contributed by atoms with van der Waals surface area (Å²) in [5.41, 5.74) is 1.99. The standard InChI is InChI=1S/C15H11BrN2O3/c1-8-6-14(19)18-11-7-9(2-3-10(8)11)17-15(20)12-4-5-13(16)21-12/h2-7H,1H3,(H,17,20)(H,18,19). The van der Waals surface area contributed by atoms with E-state index < -0.39 is 0 Å². The first-order chi connectivity index (χ1) is 10.0. The van der Waals surface area contributed by atoms with Crippen LogP contribution in [-0.4, -0.2) is 10.9 Å². The minimum Gasteiger partial charge on any atom is -0.444 e. The van der Waals surface area contributed by atoms with Gasteiger partial charge in [0.2, 0.25) is 5.56 Å². The van der Waals surface area contributed by atoms with E-state index in [2.05, 4.69) is 26.2 Å². The van der Waals surface area contributed by atoms with Gasteiger partial charge in [-0.2, -0.15) is 0 Å². The van der Waals surface area contributed by atoms with Gasteiger partial charge in [0.25, 0.3) is 5.91 Å². The lowest BCUT2D eigenvalue weighted by atomic mass is 10.1. The lowest BCUT2D eigenvalue weighted by Crippen LogP contribution is -2.11. The molecule has 6 heteroatoms. The number of rotatable bonds is 2. The molecule has 2 aromatic heterocycles. The zero-order chi connectivity index (χ0) is 15.0. The van der Waals surface area contributed by atoms with Crippen LogP contribution in [0.25, 0.3) is 10.9 Å². The summed E-state index contributed by atoms with van der Waals surface area (Å²) in [4.78, 5) is 26.2. The lowest BCUT2D eigenvalue weighted by molar-refractivity contribution is 0.0995. The van der Waals surface area contributed by atoms with Crippen molar-refractivity contribution in [3.8, 4) is 0 Å². The number of benzene rings is 1. The maximum Gasteiger partial charge on any atom is 0.291 e. The van der Waals surface area contributed by atoms with Gasteiger partial charge in [0.15, 0.2) is 10.4 Å². The summed E-state index contributed by atoms with van der Waals surface area (Å²) >= 11 is 3.15. The fourth-order valence-electron chi connectivity index (χ4n) is 2.14. The Morgan fingerprint density at radius 1 is 1.24 bits per heavy atom. The highest BCUT2D eigenvalue weighted by Crippen LogP contribution is 2.20. The van der Waals surface area contributed by atoms with Gasteiger partial charge >= 0.3 is 0 Å². The number of carbonyl (C=O) groups is 1. The fraction of sp³-hybridized carbons (Fsp3) is 0.0667. The zero-order valence-corrected chi connectivity index (χ0v) is 12.7. The fourth-order valence-corrected chi connectivity index (χ4v) is 2.45. The van der Waals surface area contributed by atoms with E-state index in [9.17, 15) is 9.59 Å². The Bertz CT molecular complexity index is 895. The highest BCUT2D eigenvalue weighted by atomic mass is 79.9.